The molecule has 6 nitrogen and oxygen atoms in total. The summed E-state index contributed by atoms with van der Waals surface area (Å²) in [6.07, 6.45) is 0.775. The maximum absolute atomic E-state index is 12.1. The topological polar surface area (TPSA) is 78.5 Å². The number of amides is 2. The van der Waals surface area contributed by atoms with Crippen LogP contribution in [-0.4, -0.2) is 47.7 Å². The number of hydrogen-bond acceptors (Lipinski definition) is 4. The average molecular weight is 416 g/mol. The maximum Gasteiger partial charge on any atom is 0.237 e. The highest BCUT2D eigenvalue weighted by atomic mass is 32.2. The summed E-state index contributed by atoms with van der Waals surface area (Å²) >= 11 is 0. The number of carbonyl (C=O) groups excluding carboxylic acids is 2. The van der Waals surface area contributed by atoms with E-state index in [1.807, 2.05) is 69.4 Å². The Hall–Kier alpha value is -2.67. The third kappa shape index (κ3) is 7.69. The SMILES string of the molecule is Cc1cccc(C)c1NC(=O)C[S@@](=O)CC(=O)NCCCN(C)c1ccccc1. The third-order valence-electron chi connectivity index (χ3n) is 4.52. The molecule has 0 saturated heterocycles. The second-order valence-electron chi connectivity index (χ2n) is 7.00. The lowest BCUT2D eigenvalue weighted by molar-refractivity contribution is -0.118. The van der Waals surface area contributed by atoms with Gasteiger partial charge in [0.05, 0.1) is 0 Å². The van der Waals surface area contributed by atoms with E-state index in [4.69, 9.17) is 0 Å². The summed E-state index contributed by atoms with van der Waals surface area (Å²) in [4.78, 5) is 26.2. The zero-order valence-electron chi connectivity index (χ0n) is 17.2. The number of benzene rings is 2. The van der Waals surface area contributed by atoms with E-state index in [-0.39, 0.29) is 23.3 Å². The molecule has 2 N–H and O–H groups in total. The van der Waals surface area contributed by atoms with Gasteiger partial charge in [-0.1, -0.05) is 36.4 Å². The van der Waals surface area contributed by atoms with Crippen LogP contribution in [0.15, 0.2) is 48.5 Å². The van der Waals surface area contributed by atoms with Crippen LogP contribution < -0.4 is 15.5 Å². The molecule has 0 aliphatic carbocycles. The first-order valence-corrected chi connectivity index (χ1v) is 11.1. The summed E-state index contributed by atoms with van der Waals surface area (Å²) in [6, 6.07) is 15.7. The van der Waals surface area contributed by atoms with Crippen LogP contribution in [0.5, 0.6) is 0 Å². The van der Waals surface area contributed by atoms with Crippen LogP contribution in [0.25, 0.3) is 0 Å². The minimum Gasteiger partial charge on any atom is -0.375 e. The van der Waals surface area contributed by atoms with E-state index in [0.717, 1.165) is 35.5 Å². The number of para-hydroxylation sites is 2. The van der Waals surface area contributed by atoms with Crippen LogP contribution in [0.2, 0.25) is 0 Å². The van der Waals surface area contributed by atoms with E-state index < -0.39 is 10.8 Å². The second kappa shape index (κ2) is 11.4. The molecule has 2 aromatic carbocycles. The van der Waals surface area contributed by atoms with Crippen LogP contribution in [0, 0.1) is 13.8 Å². The number of hydrogen-bond donors (Lipinski definition) is 2. The van der Waals surface area contributed by atoms with Crippen LogP contribution in [0.1, 0.15) is 17.5 Å². The van der Waals surface area contributed by atoms with Gasteiger partial charge >= 0.3 is 0 Å². The van der Waals surface area contributed by atoms with Crippen molar-refractivity contribution in [1.82, 2.24) is 5.32 Å². The van der Waals surface area contributed by atoms with Crippen molar-refractivity contribution in [1.29, 1.82) is 0 Å². The van der Waals surface area contributed by atoms with Gasteiger partial charge in [0.25, 0.3) is 0 Å². The molecule has 2 amide bonds. The van der Waals surface area contributed by atoms with Crippen LogP contribution in [-0.2, 0) is 20.4 Å². The molecule has 0 bridgehead atoms. The fourth-order valence-electron chi connectivity index (χ4n) is 2.94. The van der Waals surface area contributed by atoms with Gasteiger partial charge in [-0.25, -0.2) is 0 Å². The molecule has 29 heavy (non-hydrogen) atoms. The van der Waals surface area contributed by atoms with E-state index in [0.29, 0.717) is 6.54 Å². The van der Waals surface area contributed by atoms with Crippen LogP contribution in [0.3, 0.4) is 0 Å². The van der Waals surface area contributed by atoms with E-state index in [1.165, 1.54) is 0 Å². The van der Waals surface area contributed by atoms with Gasteiger partial charge in [0.1, 0.15) is 11.5 Å². The van der Waals surface area contributed by atoms with Crippen molar-refractivity contribution in [3.63, 3.8) is 0 Å². The van der Waals surface area contributed by atoms with Crippen molar-refractivity contribution in [2.45, 2.75) is 20.3 Å². The van der Waals surface area contributed by atoms with Crippen molar-refractivity contribution >= 4 is 34.0 Å². The number of nitrogens with one attached hydrogen (secondary N) is 2. The molecule has 0 aliphatic rings. The highest BCUT2D eigenvalue weighted by Crippen LogP contribution is 2.19. The van der Waals surface area contributed by atoms with Gasteiger partial charge in [-0.15, -0.1) is 0 Å². The summed E-state index contributed by atoms with van der Waals surface area (Å²) in [5.41, 5.74) is 3.75. The molecule has 0 aromatic heterocycles. The van der Waals surface area contributed by atoms with Crippen molar-refractivity contribution in [2.24, 2.45) is 0 Å². The Balaban J connectivity index is 1.67. The molecule has 156 valence electrons. The van der Waals surface area contributed by atoms with Crippen molar-refractivity contribution in [3.05, 3.63) is 59.7 Å². The van der Waals surface area contributed by atoms with E-state index in [1.54, 1.807) is 0 Å². The van der Waals surface area contributed by atoms with Crippen LogP contribution in [0.4, 0.5) is 11.4 Å². The highest BCUT2D eigenvalue weighted by Gasteiger charge is 2.14. The number of carbonyl (C=O) groups is 2. The minimum atomic E-state index is -1.55. The van der Waals surface area contributed by atoms with Gasteiger partial charge in [-0.2, -0.15) is 0 Å². The van der Waals surface area contributed by atoms with Gasteiger partial charge in [0, 0.05) is 42.3 Å². The first-order valence-electron chi connectivity index (χ1n) is 9.60. The van der Waals surface area contributed by atoms with E-state index in [2.05, 4.69) is 15.5 Å². The molecule has 0 fully saturated rings. The Morgan fingerprint density at radius 3 is 2.21 bits per heavy atom. The molecule has 0 heterocycles. The smallest absolute Gasteiger partial charge is 0.237 e. The summed E-state index contributed by atoms with van der Waals surface area (Å²) in [5, 5.41) is 5.56. The summed E-state index contributed by atoms with van der Waals surface area (Å²) in [5.74, 6) is -1.02. The number of nitrogens with zero attached hydrogens (tertiary/aromatic N) is 1. The standard InChI is InChI=1S/C22H29N3O3S/c1-17-9-7-10-18(2)22(17)24-21(27)16-29(28)15-20(26)23-13-8-14-25(3)19-11-5-4-6-12-19/h4-7,9-12H,8,13-16H2,1-3H3,(H,23,26)(H,24,27)/t29-/m0/s1. The van der Waals surface area contributed by atoms with Gasteiger partial charge < -0.3 is 15.5 Å². The highest BCUT2D eigenvalue weighted by molar-refractivity contribution is 7.86. The van der Waals surface area contributed by atoms with Gasteiger partial charge in [0.2, 0.25) is 11.8 Å². The lowest BCUT2D eigenvalue weighted by Gasteiger charge is -2.19. The number of aryl methyl sites for hydroxylation is 2. The Bertz CT molecular complexity index is 835. The second-order valence-corrected chi connectivity index (χ2v) is 8.46. The predicted octanol–water partition coefficient (Wildman–Crippen LogP) is 2.63. The number of rotatable bonds is 10. The first kappa shape index (κ1) is 22.6. The van der Waals surface area contributed by atoms with Crippen LogP contribution >= 0.6 is 0 Å². The molecule has 2 rings (SSSR count). The average Bonchev–Trinajstić information content (AvgIpc) is 2.68. The molecule has 1 atom stereocenters. The molecule has 0 saturated carbocycles. The lowest BCUT2D eigenvalue weighted by Crippen LogP contribution is -2.33. The Morgan fingerprint density at radius 2 is 1.55 bits per heavy atom. The molecule has 0 spiro atoms. The van der Waals surface area contributed by atoms with E-state index in [9.17, 15) is 13.8 Å². The van der Waals surface area contributed by atoms with E-state index >= 15 is 0 Å². The molecule has 0 radical (unpaired) electrons. The Morgan fingerprint density at radius 1 is 0.931 bits per heavy atom. The molecular weight excluding hydrogens is 386 g/mol. The quantitative estimate of drug-likeness (QED) is 0.585. The first-order chi connectivity index (χ1) is 13.9. The summed E-state index contributed by atoms with van der Waals surface area (Å²) in [6.45, 7) is 5.11. The maximum atomic E-state index is 12.1. The molecule has 0 unspecified atom stereocenters. The van der Waals surface area contributed by atoms with Crippen molar-refractivity contribution < 1.29 is 13.8 Å². The molecule has 2 aromatic rings. The molecular formula is C22H29N3O3S. The molecule has 0 aliphatic heterocycles. The minimum absolute atomic E-state index is 0.172. The van der Waals surface area contributed by atoms with Gasteiger partial charge in [-0.05, 0) is 43.5 Å². The fourth-order valence-corrected chi connectivity index (χ4v) is 3.80. The Labute approximate surface area is 175 Å². The van der Waals surface area contributed by atoms with Crippen molar-refractivity contribution in [3.8, 4) is 0 Å². The summed E-state index contributed by atoms with van der Waals surface area (Å²) in [7, 11) is 0.455. The normalized spacial score (nSPS) is 11.6. The Kier molecular flexibility index (Phi) is 8.86. The monoisotopic (exact) mass is 415 g/mol. The van der Waals surface area contributed by atoms with Crippen molar-refractivity contribution in [2.75, 3.05) is 41.9 Å². The lowest BCUT2D eigenvalue weighted by atomic mass is 10.1. The van der Waals surface area contributed by atoms with Gasteiger partial charge in [0.15, 0.2) is 0 Å². The zero-order valence-corrected chi connectivity index (χ0v) is 18.1. The molecule has 7 heteroatoms. The summed E-state index contributed by atoms with van der Waals surface area (Å²) < 4.78 is 12.1. The fraction of sp³-hybridized carbons (Fsp3) is 0.364. The van der Waals surface area contributed by atoms with Gasteiger partial charge in [-0.3, -0.25) is 13.8 Å². The number of anilines is 2. The third-order valence-corrected chi connectivity index (χ3v) is 5.69. The zero-order chi connectivity index (χ0) is 21.2. The predicted molar refractivity (Wildman–Crippen MR) is 120 cm³/mol. The largest absolute Gasteiger partial charge is 0.375 e.